The van der Waals surface area contributed by atoms with Crippen LogP contribution in [-0.4, -0.2) is 0 Å². The Kier molecular flexibility index (Phi) is 6.53. The number of rotatable bonds is 2. The Balaban J connectivity index is 0.000000882. The van der Waals surface area contributed by atoms with Crippen LogP contribution in [0.2, 0.25) is 4.22 Å². The van der Waals surface area contributed by atoms with Gasteiger partial charge in [-0.1, -0.05) is 0 Å². The van der Waals surface area contributed by atoms with Crippen molar-refractivity contribution in [2.75, 3.05) is 0 Å². The van der Waals surface area contributed by atoms with Gasteiger partial charge in [0.1, 0.15) is 0 Å². The largest absolute Gasteiger partial charge is 1.00 e. The van der Waals surface area contributed by atoms with Crippen LogP contribution < -0.4 is 34.0 Å². The molecule has 0 aromatic heterocycles. The van der Waals surface area contributed by atoms with Crippen LogP contribution in [0.3, 0.4) is 0 Å². The summed E-state index contributed by atoms with van der Waals surface area (Å²) in [4.78, 5) is 0. The Hall–Kier alpha value is 0.114. The molecular weight excluding hydrogens is 436 g/mol. The molecular formula is C19H20Br2Ti. The molecule has 0 N–H and O–H groups in total. The van der Waals surface area contributed by atoms with Gasteiger partial charge in [0.15, 0.2) is 0 Å². The van der Waals surface area contributed by atoms with Gasteiger partial charge in [-0.15, -0.1) is 0 Å². The SMILES string of the molecule is CC1[C]([Ti+2][CH]2C=CC3=C2CCCC3)=Cc2ccccc21.[Br-].[Br-]. The van der Waals surface area contributed by atoms with E-state index in [0.717, 1.165) is 4.22 Å². The van der Waals surface area contributed by atoms with E-state index >= 15 is 0 Å². The van der Waals surface area contributed by atoms with Crippen molar-refractivity contribution in [2.24, 2.45) is 0 Å². The first kappa shape index (κ1) is 18.5. The number of halogens is 2. The topological polar surface area (TPSA) is 0 Å². The molecule has 1 aromatic rings. The third-order valence-corrected chi connectivity index (χ3v) is 7.73. The predicted octanol–water partition coefficient (Wildman–Crippen LogP) is -0.536. The van der Waals surface area contributed by atoms with Crippen LogP contribution in [0.5, 0.6) is 0 Å². The summed E-state index contributed by atoms with van der Waals surface area (Å²) in [6.45, 7) is 2.40. The zero-order valence-corrected chi connectivity index (χ0v) is 17.5. The Morgan fingerprint density at radius 2 is 1.82 bits per heavy atom. The van der Waals surface area contributed by atoms with Gasteiger partial charge in [-0.05, 0) is 0 Å². The van der Waals surface area contributed by atoms with E-state index in [9.17, 15) is 0 Å². The standard InChI is InChI=1S/C10H9.C9H11.2BrH.Ti/c1-8-6-7-9-4-2-3-5-10(8)9;1-2-5-9-7-3-6-8(9)4-1;;;/h2-5,7-8H,1H3;3,6-7H,1-2,4-5H2;2*1H;/q;;;;+2/p-2. The van der Waals surface area contributed by atoms with Crippen LogP contribution in [0.25, 0.3) is 6.08 Å². The van der Waals surface area contributed by atoms with Gasteiger partial charge < -0.3 is 34.0 Å². The third-order valence-electron chi connectivity index (χ3n) is 4.98. The fraction of sp³-hybridized carbons (Fsp3) is 0.368. The van der Waals surface area contributed by atoms with Crippen molar-refractivity contribution < 1.29 is 53.1 Å². The molecule has 0 bridgehead atoms. The molecule has 0 saturated carbocycles. The summed E-state index contributed by atoms with van der Waals surface area (Å²) < 4.78 is 2.56. The molecule has 22 heavy (non-hydrogen) atoms. The van der Waals surface area contributed by atoms with E-state index in [4.69, 9.17) is 0 Å². The maximum Gasteiger partial charge on any atom is -1.00 e. The second kappa shape index (κ2) is 7.79. The monoisotopic (exact) mass is 454 g/mol. The maximum absolute atomic E-state index is 2.52. The van der Waals surface area contributed by atoms with Crippen molar-refractivity contribution in [1.82, 2.24) is 0 Å². The van der Waals surface area contributed by atoms with E-state index in [1.54, 1.807) is 20.6 Å². The number of hydrogen-bond donors (Lipinski definition) is 0. The van der Waals surface area contributed by atoms with Gasteiger partial charge in [0.2, 0.25) is 0 Å². The van der Waals surface area contributed by atoms with Gasteiger partial charge in [0.05, 0.1) is 0 Å². The van der Waals surface area contributed by atoms with E-state index < -0.39 is 0 Å². The average molecular weight is 456 g/mol. The van der Waals surface area contributed by atoms with Crippen molar-refractivity contribution in [1.29, 1.82) is 0 Å². The van der Waals surface area contributed by atoms with Gasteiger partial charge in [-0.25, -0.2) is 0 Å². The Morgan fingerprint density at radius 3 is 2.64 bits per heavy atom. The first-order chi connectivity index (χ1) is 9.83. The molecule has 0 spiro atoms. The van der Waals surface area contributed by atoms with E-state index in [-0.39, 0.29) is 53.1 Å². The van der Waals surface area contributed by atoms with Crippen LogP contribution in [-0.2, 0) is 19.2 Å². The molecule has 114 valence electrons. The van der Waals surface area contributed by atoms with Crippen LogP contribution in [0.4, 0.5) is 0 Å². The maximum atomic E-state index is 2.52. The molecule has 3 heteroatoms. The third kappa shape index (κ3) is 3.31. The summed E-state index contributed by atoms with van der Waals surface area (Å²) in [7, 11) is 0. The molecule has 0 saturated heterocycles. The molecule has 1 aromatic carbocycles. The first-order valence-corrected chi connectivity index (χ1v) is 9.48. The summed E-state index contributed by atoms with van der Waals surface area (Å²) in [6.07, 6.45) is 13.0. The fourth-order valence-electron chi connectivity index (χ4n) is 3.80. The molecule has 4 rings (SSSR count). The van der Waals surface area contributed by atoms with Crippen molar-refractivity contribution in [3.63, 3.8) is 0 Å². The molecule has 0 amide bonds. The van der Waals surface area contributed by atoms with E-state index in [1.807, 2.05) is 0 Å². The summed E-state index contributed by atoms with van der Waals surface area (Å²) >= 11 is -0.0540. The molecule has 2 unspecified atom stereocenters. The van der Waals surface area contributed by atoms with Gasteiger partial charge in [0.25, 0.3) is 0 Å². The molecule has 2 atom stereocenters. The number of fused-ring (bicyclic) bond motifs is 1. The average Bonchev–Trinajstić information content (AvgIpc) is 3.03. The van der Waals surface area contributed by atoms with Gasteiger partial charge in [0, 0.05) is 0 Å². The summed E-state index contributed by atoms with van der Waals surface area (Å²) in [5, 5.41) is 0. The molecule has 3 aliphatic carbocycles. The van der Waals surface area contributed by atoms with Crippen LogP contribution in [0.15, 0.2) is 51.4 Å². The minimum absolute atomic E-state index is 0. The van der Waals surface area contributed by atoms with E-state index in [1.165, 1.54) is 31.2 Å². The molecule has 0 radical (unpaired) electrons. The second-order valence-electron chi connectivity index (χ2n) is 6.19. The zero-order valence-electron chi connectivity index (χ0n) is 12.8. The Morgan fingerprint density at radius 1 is 1.05 bits per heavy atom. The van der Waals surface area contributed by atoms with Crippen LogP contribution in [0, 0.1) is 0 Å². The Bertz CT molecular complexity index is 643. The smallest absolute Gasteiger partial charge is 1.00 e. The van der Waals surface area contributed by atoms with E-state index in [0.29, 0.717) is 5.92 Å². The summed E-state index contributed by atoms with van der Waals surface area (Å²) in [6, 6.07) is 8.94. The normalized spacial score (nSPS) is 24.7. The minimum Gasteiger partial charge on any atom is -1.00 e. The second-order valence-corrected chi connectivity index (χ2v) is 8.51. The van der Waals surface area contributed by atoms with Crippen molar-refractivity contribution in [3.8, 4) is 0 Å². The van der Waals surface area contributed by atoms with Gasteiger partial charge in [-0.3, -0.25) is 0 Å². The molecule has 0 nitrogen and oxygen atoms in total. The van der Waals surface area contributed by atoms with Gasteiger partial charge >= 0.3 is 131 Å². The van der Waals surface area contributed by atoms with Gasteiger partial charge in [-0.2, -0.15) is 0 Å². The molecule has 0 aliphatic heterocycles. The zero-order chi connectivity index (χ0) is 13.5. The predicted molar refractivity (Wildman–Crippen MR) is 81.2 cm³/mol. The molecule has 3 aliphatic rings. The summed E-state index contributed by atoms with van der Waals surface area (Å²) in [5.41, 5.74) is 6.51. The quantitative estimate of drug-likeness (QED) is 0.526. The van der Waals surface area contributed by atoms with Crippen LogP contribution in [0.1, 0.15) is 49.7 Å². The van der Waals surface area contributed by atoms with Crippen molar-refractivity contribution in [3.05, 3.63) is 62.6 Å². The summed E-state index contributed by atoms with van der Waals surface area (Å²) in [5.74, 6) is 0.660. The minimum atomic E-state index is -0.0540. The number of hydrogen-bond acceptors (Lipinski definition) is 0. The molecule has 0 heterocycles. The van der Waals surface area contributed by atoms with Crippen molar-refractivity contribution >= 4 is 6.08 Å². The number of benzene rings is 1. The molecule has 0 fully saturated rings. The Labute approximate surface area is 163 Å². The van der Waals surface area contributed by atoms with Crippen molar-refractivity contribution in [2.45, 2.75) is 42.7 Å². The number of allylic oxidation sites excluding steroid dienone is 5. The first-order valence-electron chi connectivity index (χ1n) is 7.80. The van der Waals surface area contributed by atoms with E-state index in [2.05, 4.69) is 49.4 Å². The fourth-order valence-corrected chi connectivity index (χ4v) is 6.46. The van der Waals surface area contributed by atoms with Crippen LogP contribution >= 0.6 is 0 Å².